The molecule has 0 amide bonds. The number of aromatic nitrogens is 2. The Hall–Kier alpha value is -3.05. The van der Waals surface area contributed by atoms with Crippen molar-refractivity contribution >= 4 is 28.4 Å². The van der Waals surface area contributed by atoms with Gasteiger partial charge in [-0.05, 0) is 43.3 Å². The summed E-state index contributed by atoms with van der Waals surface area (Å²) in [4.78, 5) is 9.26. The number of benzene rings is 2. The third-order valence-electron chi connectivity index (χ3n) is 3.92. The lowest BCUT2D eigenvalue weighted by molar-refractivity contribution is -0.00000567. The van der Waals surface area contributed by atoms with Crippen LogP contribution in [0.15, 0.2) is 71.3 Å². The zero-order valence-corrected chi connectivity index (χ0v) is 15.0. The first-order valence-corrected chi connectivity index (χ1v) is 8.15. The molecule has 0 unspecified atom stereocenters. The normalized spacial score (nSPS) is 10.3. The summed E-state index contributed by atoms with van der Waals surface area (Å²) in [6.45, 7) is 2.63. The average molecular weight is 366 g/mol. The number of nitrogens with one attached hydrogen (secondary N) is 2. The molecule has 4 rings (SSSR count). The van der Waals surface area contributed by atoms with Gasteiger partial charge < -0.3 is 27.5 Å². The number of rotatable bonds is 5. The maximum absolute atomic E-state index is 5.38. The molecule has 0 radical (unpaired) electrons. The van der Waals surface area contributed by atoms with E-state index in [-0.39, 0.29) is 12.4 Å². The smallest absolute Gasteiger partial charge is 0.229 e. The van der Waals surface area contributed by atoms with Gasteiger partial charge in [0.25, 0.3) is 0 Å². The number of furan rings is 1. The third-order valence-corrected chi connectivity index (χ3v) is 3.92. The van der Waals surface area contributed by atoms with Crippen molar-refractivity contribution in [3.05, 3.63) is 78.3 Å². The minimum absolute atomic E-state index is 0. The molecule has 0 aliphatic heterocycles. The van der Waals surface area contributed by atoms with E-state index in [0.29, 0.717) is 12.5 Å². The molecule has 2 aromatic heterocycles. The highest BCUT2D eigenvalue weighted by atomic mass is 35.5. The van der Waals surface area contributed by atoms with Gasteiger partial charge in [0.05, 0.1) is 18.3 Å². The summed E-state index contributed by atoms with van der Waals surface area (Å²) >= 11 is 0. The van der Waals surface area contributed by atoms with Crippen LogP contribution in [0.3, 0.4) is 0 Å². The van der Waals surface area contributed by atoms with E-state index in [1.54, 1.807) is 6.26 Å². The molecule has 5 nitrogen and oxygen atoms in total. The summed E-state index contributed by atoms with van der Waals surface area (Å²) in [7, 11) is 0. The average Bonchev–Trinajstić information content (AvgIpc) is 3.15. The Morgan fingerprint density at radius 2 is 1.73 bits per heavy atom. The second-order valence-corrected chi connectivity index (χ2v) is 5.84. The van der Waals surface area contributed by atoms with Crippen molar-refractivity contribution in [1.29, 1.82) is 0 Å². The molecule has 0 atom stereocenters. The first-order valence-electron chi connectivity index (χ1n) is 8.15. The molecule has 0 spiro atoms. The lowest BCUT2D eigenvalue weighted by atomic mass is 10.2. The minimum atomic E-state index is 0. The van der Waals surface area contributed by atoms with Gasteiger partial charge in [-0.25, -0.2) is 4.98 Å². The monoisotopic (exact) mass is 365 g/mol. The molecule has 0 fully saturated rings. The molecule has 2 aromatic carbocycles. The molecule has 0 aliphatic rings. The van der Waals surface area contributed by atoms with Gasteiger partial charge in [-0.15, -0.1) is 0 Å². The molecule has 2 heterocycles. The van der Waals surface area contributed by atoms with E-state index in [2.05, 4.69) is 39.7 Å². The van der Waals surface area contributed by atoms with E-state index in [1.165, 1.54) is 5.56 Å². The van der Waals surface area contributed by atoms with Crippen molar-refractivity contribution < 1.29 is 16.8 Å². The summed E-state index contributed by atoms with van der Waals surface area (Å²) in [6, 6.07) is 19.9. The molecule has 2 N–H and O–H groups in total. The molecule has 132 valence electrons. The summed E-state index contributed by atoms with van der Waals surface area (Å²) in [5.41, 5.74) is 3.05. The van der Waals surface area contributed by atoms with Crippen LogP contribution >= 0.6 is 0 Å². The Kier molecular flexibility index (Phi) is 5.39. The molecule has 0 saturated heterocycles. The van der Waals surface area contributed by atoms with Crippen LogP contribution in [0.4, 0.5) is 17.5 Å². The topological polar surface area (TPSA) is 63.0 Å². The number of hydrogen-bond donors (Lipinski definition) is 2. The van der Waals surface area contributed by atoms with Gasteiger partial charge in [0.1, 0.15) is 11.6 Å². The van der Waals surface area contributed by atoms with E-state index >= 15 is 0 Å². The first-order chi connectivity index (χ1) is 12.3. The second-order valence-electron chi connectivity index (χ2n) is 5.84. The fourth-order valence-corrected chi connectivity index (χ4v) is 2.62. The van der Waals surface area contributed by atoms with Crippen molar-refractivity contribution in [2.45, 2.75) is 13.5 Å². The zero-order chi connectivity index (χ0) is 17.1. The number of nitrogens with zero attached hydrogens (tertiary/aromatic N) is 2. The van der Waals surface area contributed by atoms with Crippen molar-refractivity contribution in [3.8, 4) is 0 Å². The lowest BCUT2D eigenvalue weighted by Crippen LogP contribution is -3.00. The SMILES string of the molecule is Cc1ccc(Nc2nc(NCc3ccco3)c3ccccc3n2)cc1.[Cl-]. The first kappa shape index (κ1) is 17.8. The molecule has 6 heteroatoms. The van der Waals surface area contributed by atoms with Crippen molar-refractivity contribution in [2.75, 3.05) is 10.6 Å². The van der Waals surface area contributed by atoms with Crippen molar-refractivity contribution in [3.63, 3.8) is 0 Å². The van der Waals surface area contributed by atoms with Crippen LogP contribution in [0.1, 0.15) is 11.3 Å². The fourth-order valence-electron chi connectivity index (χ4n) is 2.62. The van der Waals surface area contributed by atoms with Gasteiger partial charge in [0.2, 0.25) is 5.95 Å². The summed E-state index contributed by atoms with van der Waals surface area (Å²) in [5.74, 6) is 2.19. The molecule has 0 saturated carbocycles. The molecule has 0 aliphatic carbocycles. The van der Waals surface area contributed by atoms with Crippen LogP contribution in [0.2, 0.25) is 0 Å². The quantitative estimate of drug-likeness (QED) is 0.565. The predicted molar refractivity (Wildman–Crippen MR) is 100 cm³/mol. The van der Waals surface area contributed by atoms with Gasteiger partial charge in [-0.3, -0.25) is 0 Å². The Bertz CT molecular complexity index is 985. The van der Waals surface area contributed by atoms with Gasteiger partial charge in [0, 0.05) is 11.1 Å². The minimum Gasteiger partial charge on any atom is -1.00 e. The number of aryl methyl sites for hydroxylation is 1. The van der Waals surface area contributed by atoms with E-state index in [1.807, 2.05) is 48.5 Å². The highest BCUT2D eigenvalue weighted by molar-refractivity contribution is 5.90. The van der Waals surface area contributed by atoms with Crippen LogP contribution in [0.25, 0.3) is 10.9 Å². The molecular formula is C20H18ClN4O-. The standard InChI is InChI=1S/C20H18N4O.ClH/c1-14-8-10-15(11-9-14)22-20-23-18-7-3-2-6-17(18)19(24-20)21-13-16-5-4-12-25-16;/h2-12H,13H2,1H3,(H2,21,22,23,24);1H/p-1. The Labute approximate surface area is 157 Å². The number of fused-ring (bicyclic) bond motifs is 1. The third kappa shape index (κ3) is 3.95. The number of para-hydroxylation sites is 1. The van der Waals surface area contributed by atoms with Gasteiger partial charge in [0.15, 0.2) is 0 Å². The summed E-state index contributed by atoms with van der Waals surface area (Å²) in [6.07, 6.45) is 1.67. The molecular weight excluding hydrogens is 348 g/mol. The summed E-state index contributed by atoms with van der Waals surface area (Å²) < 4.78 is 5.38. The van der Waals surface area contributed by atoms with Crippen LogP contribution in [-0.2, 0) is 6.54 Å². The molecule has 26 heavy (non-hydrogen) atoms. The van der Waals surface area contributed by atoms with Gasteiger partial charge in [-0.1, -0.05) is 29.8 Å². The van der Waals surface area contributed by atoms with Crippen LogP contribution in [-0.4, -0.2) is 9.97 Å². The van der Waals surface area contributed by atoms with Crippen LogP contribution in [0, 0.1) is 6.92 Å². The second kappa shape index (κ2) is 7.89. The number of hydrogen-bond acceptors (Lipinski definition) is 5. The van der Waals surface area contributed by atoms with Crippen LogP contribution in [0.5, 0.6) is 0 Å². The predicted octanol–water partition coefficient (Wildman–Crippen LogP) is 1.89. The lowest BCUT2D eigenvalue weighted by Gasteiger charge is -2.11. The maximum Gasteiger partial charge on any atom is 0.229 e. The molecule has 4 aromatic rings. The number of halogens is 1. The van der Waals surface area contributed by atoms with Gasteiger partial charge in [-0.2, -0.15) is 4.98 Å². The fraction of sp³-hybridized carbons (Fsp3) is 0.100. The Morgan fingerprint density at radius 1 is 0.923 bits per heavy atom. The van der Waals surface area contributed by atoms with E-state index in [4.69, 9.17) is 4.42 Å². The zero-order valence-electron chi connectivity index (χ0n) is 14.2. The van der Waals surface area contributed by atoms with Crippen molar-refractivity contribution in [2.24, 2.45) is 0 Å². The van der Waals surface area contributed by atoms with E-state index in [9.17, 15) is 0 Å². The van der Waals surface area contributed by atoms with E-state index < -0.39 is 0 Å². The van der Waals surface area contributed by atoms with Crippen LogP contribution < -0.4 is 23.0 Å². The Balaban J connectivity index is 0.00000196. The van der Waals surface area contributed by atoms with E-state index in [0.717, 1.165) is 28.2 Å². The maximum atomic E-state index is 5.38. The highest BCUT2D eigenvalue weighted by Gasteiger charge is 2.08. The summed E-state index contributed by atoms with van der Waals surface area (Å²) in [5, 5.41) is 7.59. The van der Waals surface area contributed by atoms with Crippen molar-refractivity contribution in [1.82, 2.24) is 9.97 Å². The van der Waals surface area contributed by atoms with Gasteiger partial charge >= 0.3 is 0 Å². The largest absolute Gasteiger partial charge is 1.00 e. The Morgan fingerprint density at radius 3 is 2.50 bits per heavy atom. The highest BCUT2D eigenvalue weighted by Crippen LogP contribution is 2.24. The molecule has 0 bridgehead atoms. The number of anilines is 3.